The largest absolute Gasteiger partial charge is 0.495 e. The molecule has 7 heteroatoms. The lowest BCUT2D eigenvalue weighted by Crippen LogP contribution is -2.43. The van der Waals surface area contributed by atoms with E-state index >= 15 is 0 Å². The predicted molar refractivity (Wildman–Crippen MR) is 143 cm³/mol. The summed E-state index contributed by atoms with van der Waals surface area (Å²) in [5.41, 5.74) is 5.16. The first-order valence-corrected chi connectivity index (χ1v) is 12.9. The minimum absolute atomic E-state index is 0.0234. The van der Waals surface area contributed by atoms with Crippen molar-refractivity contribution >= 4 is 22.4 Å². The van der Waals surface area contributed by atoms with E-state index in [9.17, 15) is 5.26 Å². The standard InChI is InChI=1S/C29H35N5O2/c1-19-22(18-30)6-5-7-23(19)20(2)31-28-24-16-26(27(35-4)17-25(24)32-21(3)33-28)34-12-8-29(9-13-34)10-14-36-15-11-29/h5-7,16-17,20H,8-15H2,1-4H3,(H,31,32,33)/t20-/m1/s1. The van der Waals surface area contributed by atoms with Gasteiger partial charge in [-0.25, -0.2) is 9.97 Å². The molecule has 0 unspecified atom stereocenters. The van der Waals surface area contributed by atoms with E-state index < -0.39 is 0 Å². The average Bonchev–Trinajstić information content (AvgIpc) is 2.89. The van der Waals surface area contributed by atoms with Crippen LogP contribution in [-0.2, 0) is 4.74 Å². The van der Waals surface area contributed by atoms with Gasteiger partial charge in [-0.05, 0) is 75.1 Å². The Morgan fingerprint density at radius 2 is 1.86 bits per heavy atom. The lowest BCUT2D eigenvalue weighted by Gasteiger charge is -2.45. The first kappa shape index (κ1) is 24.3. The molecule has 7 nitrogen and oxygen atoms in total. The Morgan fingerprint density at radius 1 is 1.11 bits per heavy atom. The Kier molecular flexibility index (Phi) is 6.72. The zero-order chi connectivity index (χ0) is 25.3. The number of aryl methyl sites for hydroxylation is 1. The number of rotatable bonds is 5. The van der Waals surface area contributed by atoms with E-state index in [2.05, 4.69) is 35.3 Å². The molecule has 0 bridgehead atoms. The Morgan fingerprint density at radius 3 is 2.56 bits per heavy atom. The van der Waals surface area contributed by atoms with Gasteiger partial charge in [0.1, 0.15) is 17.4 Å². The number of methoxy groups -OCH3 is 1. The first-order valence-electron chi connectivity index (χ1n) is 12.9. The maximum absolute atomic E-state index is 9.46. The number of ether oxygens (including phenoxy) is 2. The molecule has 1 aromatic heterocycles. The number of fused-ring (bicyclic) bond motifs is 1. The molecule has 1 N–H and O–H groups in total. The molecular weight excluding hydrogens is 450 g/mol. The number of anilines is 2. The quantitative estimate of drug-likeness (QED) is 0.496. The Balaban J connectivity index is 1.48. The smallest absolute Gasteiger partial charge is 0.144 e. The van der Waals surface area contributed by atoms with Crippen molar-refractivity contribution in [3.63, 3.8) is 0 Å². The maximum Gasteiger partial charge on any atom is 0.144 e. The third kappa shape index (κ3) is 4.58. The summed E-state index contributed by atoms with van der Waals surface area (Å²) in [4.78, 5) is 12.0. The van der Waals surface area contributed by atoms with Crippen LogP contribution < -0.4 is 15.0 Å². The second-order valence-electron chi connectivity index (χ2n) is 10.3. The summed E-state index contributed by atoms with van der Waals surface area (Å²) in [5.74, 6) is 2.35. The monoisotopic (exact) mass is 485 g/mol. The lowest BCUT2D eigenvalue weighted by atomic mass is 9.72. The van der Waals surface area contributed by atoms with Crippen LogP contribution in [0.25, 0.3) is 10.9 Å². The highest BCUT2D eigenvalue weighted by Gasteiger charge is 2.36. The summed E-state index contributed by atoms with van der Waals surface area (Å²) in [6, 6.07) is 12.4. The minimum atomic E-state index is -0.0234. The number of nitrogens with zero attached hydrogens (tertiary/aromatic N) is 4. The zero-order valence-corrected chi connectivity index (χ0v) is 21.7. The summed E-state index contributed by atoms with van der Waals surface area (Å²) < 4.78 is 11.5. The molecule has 1 spiro atoms. The van der Waals surface area contributed by atoms with Crippen LogP contribution in [0.2, 0.25) is 0 Å². The van der Waals surface area contributed by atoms with Gasteiger partial charge in [-0.1, -0.05) is 12.1 Å². The van der Waals surface area contributed by atoms with Crippen molar-refractivity contribution in [1.29, 1.82) is 5.26 Å². The van der Waals surface area contributed by atoms with Crippen molar-refractivity contribution < 1.29 is 9.47 Å². The van der Waals surface area contributed by atoms with E-state index in [4.69, 9.17) is 19.4 Å². The molecule has 2 aliphatic rings. The van der Waals surface area contributed by atoms with Crippen LogP contribution in [0.15, 0.2) is 30.3 Å². The highest BCUT2D eigenvalue weighted by Crippen LogP contribution is 2.44. The van der Waals surface area contributed by atoms with E-state index in [1.165, 1.54) is 25.7 Å². The Bertz CT molecular complexity index is 1300. The molecule has 2 aromatic carbocycles. The van der Waals surface area contributed by atoms with Gasteiger partial charge >= 0.3 is 0 Å². The fourth-order valence-corrected chi connectivity index (χ4v) is 5.83. The van der Waals surface area contributed by atoms with Crippen LogP contribution in [0.5, 0.6) is 5.75 Å². The van der Waals surface area contributed by atoms with Crippen LogP contribution in [0.3, 0.4) is 0 Å². The van der Waals surface area contributed by atoms with Gasteiger partial charge in [-0.3, -0.25) is 0 Å². The average molecular weight is 486 g/mol. The molecular formula is C29H35N5O2. The van der Waals surface area contributed by atoms with Crippen LogP contribution >= 0.6 is 0 Å². The molecule has 2 aliphatic heterocycles. The Labute approximate surface area is 213 Å². The van der Waals surface area contributed by atoms with Crippen molar-refractivity contribution in [2.45, 2.75) is 52.5 Å². The molecule has 5 rings (SSSR count). The number of piperidine rings is 1. The normalized spacial score (nSPS) is 18.1. The molecule has 3 heterocycles. The summed E-state index contributed by atoms with van der Waals surface area (Å²) in [5, 5.41) is 14.1. The number of nitrogens with one attached hydrogen (secondary N) is 1. The highest BCUT2D eigenvalue weighted by molar-refractivity contribution is 5.94. The molecule has 3 aromatic rings. The van der Waals surface area contributed by atoms with Crippen LogP contribution in [-0.4, -0.2) is 43.4 Å². The van der Waals surface area contributed by atoms with Crippen molar-refractivity contribution in [2.75, 3.05) is 43.6 Å². The van der Waals surface area contributed by atoms with Crippen molar-refractivity contribution in [2.24, 2.45) is 5.41 Å². The molecule has 0 radical (unpaired) electrons. The molecule has 188 valence electrons. The van der Waals surface area contributed by atoms with Gasteiger partial charge in [-0.2, -0.15) is 5.26 Å². The van der Waals surface area contributed by atoms with Gasteiger partial charge < -0.3 is 19.7 Å². The molecule has 0 amide bonds. The van der Waals surface area contributed by atoms with Crippen LogP contribution in [0.1, 0.15) is 61.2 Å². The number of aromatic nitrogens is 2. The summed E-state index contributed by atoms with van der Waals surface area (Å²) in [7, 11) is 1.73. The molecule has 0 aliphatic carbocycles. The van der Waals surface area contributed by atoms with Gasteiger partial charge in [0.15, 0.2) is 0 Å². The van der Waals surface area contributed by atoms with Crippen molar-refractivity contribution in [3.8, 4) is 11.8 Å². The Hall–Kier alpha value is -3.37. The van der Waals surface area contributed by atoms with Gasteiger partial charge in [-0.15, -0.1) is 0 Å². The second-order valence-corrected chi connectivity index (χ2v) is 10.3. The topological polar surface area (TPSA) is 83.3 Å². The zero-order valence-electron chi connectivity index (χ0n) is 21.7. The fourth-order valence-electron chi connectivity index (χ4n) is 5.83. The van der Waals surface area contributed by atoms with E-state index in [1.807, 2.05) is 32.0 Å². The molecule has 2 fully saturated rings. The van der Waals surface area contributed by atoms with Gasteiger partial charge in [0.05, 0.1) is 36.0 Å². The fraction of sp³-hybridized carbons (Fsp3) is 0.483. The van der Waals surface area contributed by atoms with Gasteiger partial charge in [0, 0.05) is 37.8 Å². The molecule has 0 saturated carbocycles. The maximum atomic E-state index is 9.46. The van der Waals surface area contributed by atoms with Crippen LogP contribution in [0.4, 0.5) is 11.5 Å². The van der Waals surface area contributed by atoms with Gasteiger partial charge in [0.25, 0.3) is 0 Å². The number of hydrogen-bond acceptors (Lipinski definition) is 7. The van der Waals surface area contributed by atoms with Crippen LogP contribution in [0, 0.1) is 30.6 Å². The van der Waals surface area contributed by atoms with E-state index in [-0.39, 0.29) is 6.04 Å². The molecule has 1 atom stereocenters. The number of hydrogen-bond donors (Lipinski definition) is 1. The predicted octanol–water partition coefficient (Wildman–Crippen LogP) is 5.70. The van der Waals surface area contributed by atoms with Crippen molar-refractivity contribution in [3.05, 3.63) is 52.8 Å². The number of nitriles is 1. The molecule has 36 heavy (non-hydrogen) atoms. The summed E-state index contributed by atoms with van der Waals surface area (Å²) >= 11 is 0. The minimum Gasteiger partial charge on any atom is -0.495 e. The summed E-state index contributed by atoms with van der Waals surface area (Å²) in [6.45, 7) is 9.81. The third-order valence-electron chi connectivity index (χ3n) is 8.14. The third-order valence-corrected chi connectivity index (χ3v) is 8.14. The summed E-state index contributed by atoms with van der Waals surface area (Å²) in [6.07, 6.45) is 4.69. The molecule has 2 saturated heterocycles. The van der Waals surface area contributed by atoms with E-state index in [1.54, 1.807) is 7.11 Å². The number of benzene rings is 2. The van der Waals surface area contributed by atoms with Gasteiger partial charge in [0.2, 0.25) is 0 Å². The van der Waals surface area contributed by atoms with E-state index in [0.717, 1.165) is 65.6 Å². The van der Waals surface area contributed by atoms with Crippen molar-refractivity contribution in [1.82, 2.24) is 9.97 Å². The second kappa shape index (κ2) is 9.94. The van der Waals surface area contributed by atoms with E-state index in [0.29, 0.717) is 16.8 Å². The first-order chi connectivity index (χ1) is 17.4. The SMILES string of the molecule is COc1cc2nc(C)nc(N[C@H](C)c3cccc(C#N)c3C)c2cc1N1CCC2(CCOCC2)CC1. The highest BCUT2D eigenvalue weighted by atomic mass is 16.5. The lowest BCUT2D eigenvalue weighted by molar-refractivity contribution is 0.00209.